The molecule has 144 valence electrons. The van der Waals surface area contributed by atoms with E-state index in [0.29, 0.717) is 17.1 Å². The Kier molecular flexibility index (Phi) is 5.74. The van der Waals surface area contributed by atoms with Crippen LogP contribution in [0.5, 0.6) is 0 Å². The minimum Gasteiger partial charge on any atom is -0.466 e. The van der Waals surface area contributed by atoms with Crippen molar-refractivity contribution in [1.29, 1.82) is 0 Å². The molecule has 0 saturated heterocycles. The summed E-state index contributed by atoms with van der Waals surface area (Å²) >= 11 is 0. The van der Waals surface area contributed by atoms with Gasteiger partial charge < -0.3 is 9.73 Å². The first-order chi connectivity index (χ1) is 13.4. The third-order valence-corrected chi connectivity index (χ3v) is 4.28. The zero-order chi connectivity index (χ0) is 20.1. The van der Waals surface area contributed by atoms with Crippen LogP contribution < -0.4 is 16.2 Å². The Hall–Kier alpha value is -3.61. The average Bonchev–Trinajstić information content (AvgIpc) is 3.03. The number of hydrogen-bond donors (Lipinski definition) is 3. The summed E-state index contributed by atoms with van der Waals surface area (Å²) in [5.74, 6) is -0.219. The lowest BCUT2D eigenvalue weighted by Crippen LogP contribution is -2.46. The van der Waals surface area contributed by atoms with Crippen molar-refractivity contribution in [3.05, 3.63) is 71.2 Å². The number of furan rings is 1. The molecule has 28 heavy (non-hydrogen) atoms. The first-order valence-electron chi connectivity index (χ1n) is 8.83. The minimum absolute atomic E-state index is 0.161. The molecule has 3 N–H and O–H groups in total. The maximum Gasteiger partial charge on any atom is 0.273 e. The molecule has 0 radical (unpaired) electrons. The minimum atomic E-state index is -0.530. The second-order valence-corrected chi connectivity index (χ2v) is 6.42. The van der Waals surface area contributed by atoms with Gasteiger partial charge in [0.15, 0.2) is 0 Å². The highest BCUT2D eigenvalue weighted by molar-refractivity contribution is 5.97. The quantitative estimate of drug-likeness (QED) is 0.592. The Morgan fingerprint density at radius 1 is 0.929 bits per heavy atom. The van der Waals surface area contributed by atoms with Gasteiger partial charge in [-0.2, -0.15) is 0 Å². The van der Waals surface area contributed by atoms with Crippen molar-refractivity contribution in [3.8, 4) is 0 Å². The van der Waals surface area contributed by atoms with Gasteiger partial charge in [-0.15, -0.1) is 0 Å². The van der Waals surface area contributed by atoms with Gasteiger partial charge >= 0.3 is 0 Å². The Morgan fingerprint density at radius 3 is 2.43 bits per heavy atom. The highest BCUT2D eigenvalue weighted by atomic mass is 16.3. The molecular weight excluding hydrogens is 358 g/mol. The number of amides is 3. The molecule has 0 bridgehead atoms. The van der Waals surface area contributed by atoms with Crippen LogP contribution in [0.25, 0.3) is 10.8 Å². The van der Waals surface area contributed by atoms with Crippen LogP contribution in [0.1, 0.15) is 27.4 Å². The number of nitrogens with one attached hydrogen (secondary N) is 3. The summed E-state index contributed by atoms with van der Waals surface area (Å²) in [6.07, 6.45) is 0.161. The van der Waals surface area contributed by atoms with Crippen LogP contribution >= 0.6 is 0 Å². The second kappa shape index (κ2) is 8.39. The molecule has 0 aliphatic rings. The van der Waals surface area contributed by atoms with E-state index in [4.69, 9.17) is 4.42 Å². The lowest BCUT2D eigenvalue weighted by Gasteiger charge is -2.09. The standard InChI is InChI=1S/C21H21N3O4/c1-13-10-18(14(2)28-13)21(27)24-23-20(26)12-22-19(25)11-16-8-5-7-15-6-3-4-9-17(15)16/h3-10H,11-12H2,1-2H3,(H,22,25)(H,23,26)(H,24,27). The third kappa shape index (κ3) is 4.56. The molecule has 1 heterocycles. The van der Waals surface area contributed by atoms with Gasteiger partial charge in [0.1, 0.15) is 11.5 Å². The summed E-state index contributed by atoms with van der Waals surface area (Å²) in [6, 6.07) is 15.2. The molecule has 3 rings (SSSR count). The van der Waals surface area contributed by atoms with Gasteiger partial charge in [-0.1, -0.05) is 42.5 Å². The predicted molar refractivity (Wildman–Crippen MR) is 104 cm³/mol. The van der Waals surface area contributed by atoms with E-state index in [0.717, 1.165) is 16.3 Å². The fraction of sp³-hybridized carbons (Fsp3) is 0.190. The SMILES string of the molecule is Cc1cc(C(=O)NNC(=O)CNC(=O)Cc2cccc3ccccc23)c(C)o1. The van der Waals surface area contributed by atoms with Crippen LogP contribution in [0.4, 0.5) is 0 Å². The van der Waals surface area contributed by atoms with E-state index in [1.807, 2.05) is 42.5 Å². The summed E-state index contributed by atoms with van der Waals surface area (Å²) < 4.78 is 5.28. The van der Waals surface area contributed by atoms with Crippen LogP contribution in [-0.4, -0.2) is 24.3 Å². The molecule has 0 fully saturated rings. The zero-order valence-electron chi connectivity index (χ0n) is 15.7. The first-order valence-corrected chi connectivity index (χ1v) is 8.83. The maximum absolute atomic E-state index is 12.2. The van der Waals surface area contributed by atoms with Crippen molar-refractivity contribution >= 4 is 28.5 Å². The molecule has 0 atom stereocenters. The van der Waals surface area contributed by atoms with Gasteiger partial charge in [0, 0.05) is 0 Å². The Morgan fingerprint density at radius 2 is 1.68 bits per heavy atom. The Balaban J connectivity index is 1.48. The van der Waals surface area contributed by atoms with Crippen molar-refractivity contribution in [2.24, 2.45) is 0 Å². The highest BCUT2D eigenvalue weighted by Crippen LogP contribution is 2.18. The zero-order valence-corrected chi connectivity index (χ0v) is 15.7. The van der Waals surface area contributed by atoms with Crippen molar-refractivity contribution in [2.75, 3.05) is 6.54 Å². The summed E-state index contributed by atoms with van der Waals surface area (Å²) in [6.45, 7) is 3.15. The number of hydrogen-bond acceptors (Lipinski definition) is 4. The summed E-state index contributed by atoms with van der Waals surface area (Å²) in [4.78, 5) is 36.1. The van der Waals surface area contributed by atoms with Crippen molar-refractivity contribution in [3.63, 3.8) is 0 Å². The molecule has 1 aromatic heterocycles. The number of benzene rings is 2. The van der Waals surface area contributed by atoms with E-state index in [2.05, 4.69) is 16.2 Å². The number of aryl methyl sites for hydroxylation is 2. The number of rotatable bonds is 5. The summed E-state index contributed by atoms with van der Waals surface area (Å²) in [5.41, 5.74) is 5.80. The third-order valence-electron chi connectivity index (χ3n) is 4.28. The normalized spacial score (nSPS) is 10.5. The van der Waals surface area contributed by atoms with Crippen LogP contribution in [-0.2, 0) is 16.0 Å². The smallest absolute Gasteiger partial charge is 0.273 e. The summed E-state index contributed by atoms with van der Waals surface area (Å²) in [7, 11) is 0. The molecular formula is C21H21N3O4. The van der Waals surface area contributed by atoms with Crippen LogP contribution in [0, 0.1) is 13.8 Å². The van der Waals surface area contributed by atoms with Gasteiger partial charge in [-0.05, 0) is 36.2 Å². The molecule has 0 unspecified atom stereocenters. The second-order valence-electron chi connectivity index (χ2n) is 6.42. The highest BCUT2D eigenvalue weighted by Gasteiger charge is 2.14. The van der Waals surface area contributed by atoms with Crippen molar-refractivity contribution in [2.45, 2.75) is 20.3 Å². The van der Waals surface area contributed by atoms with E-state index in [1.165, 1.54) is 0 Å². The van der Waals surface area contributed by atoms with E-state index in [9.17, 15) is 14.4 Å². The van der Waals surface area contributed by atoms with E-state index in [1.54, 1.807) is 19.9 Å². The van der Waals surface area contributed by atoms with Crippen LogP contribution in [0.2, 0.25) is 0 Å². The van der Waals surface area contributed by atoms with Gasteiger partial charge in [-0.25, -0.2) is 0 Å². The molecule has 7 nitrogen and oxygen atoms in total. The average molecular weight is 379 g/mol. The molecule has 0 saturated carbocycles. The molecule has 3 amide bonds. The molecule has 0 aliphatic carbocycles. The topological polar surface area (TPSA) is 100 Å². The van der Waals surface area contributed by atoms with Gasteiger partial charge in [0.05, 0.1) is 18.5 Å². The Labute approximate surface area is 162 Å². The fourth-order valence-electron chi connectivity index (χ4n) is 2.96. The molecule has 0 aliphatic heterocycles. The predicted octanol–water partition coefficient (Wildman–Crippen LogP) is 2.17. The number of carbonyl (C=O) groups excluding carboxylic acids is 3. The molecule has 3 aromatic rings. The van der Waals surface area contributed by atoms with E-state index in [-0.39, 0.29) is 18.9 Å². The van der Waals surface area contributed by atoms with Crippen molar-refractivity contribution < 1.29 is 18.8 Å². The van der Waals surface area contributed by atoms with Gasteiger partial charge in [-0.3, -0.25) is 25.2 Å². The lowest BCUT2D eigenvalue weighted by molar-refractivity contribution is -0.126. The van der Waals surface area contributed by atoms with E-state index < -0.39 is 11.8 Å². The molecule has 2 aromatic carbocycles. The van der Waals surface area contributed by atoms with Crippen molar-refractivity contribution in [1.82, 2.24) is 16.2 Å². The van der Waals surface area contributed by atoms with Crippen LogP contribution in [0.15, 0.2) is 52.9 Å². The van der Waals surface area contributed by atoms with Gasteiger partial charge in [0.25, 0.3) is 11.8 Å². The number of carbonyl (C=O) groups is 3. The fourth-order valence-corrected chi connectivity index (χ4v) is 2.96. The number of hydrazine groups is 1. The van der Waals surface area contributed by atoms with Crippen LogP contribution in [0.3, 0.4) is 0 Å². The summed E-state index contributed by atoms with van der Waals surface area (Å²) in [5, 5.41) is 4.61. The Bertz CT molecular complexity index is 1030. The van der Waals surface area contributed by atoms with Gasteiger partial charge in [0.2, 0.25) is 5.91 Å². The maximum atomic E-state index is 12.2. The first kappa shape index (κ1) is 19.2. The molecule has 0 spiro atoms. The van der Waals surface area contributed by atoms with E-state index >= 15 is 0 Å². The monoisotopic (exact) mass is 379 g/mol. The largest absolute Gasteiger partial charge is 0.466 e. The molecule has 7 heteroatoms. The number of fused-ring (bicyclic) bond motifs is 1. The lowest BCUT2D eigenvalue weighted by atomic mass is 10.0.